The lowest BCUT2D eigenvalue weighted by atomic mass is 9.65. The fourth-order valence-electron chi connectivity index (χ4n) is 3.73. The fourth-order valence-corrected chi connectivity index (χ4v) is 3.73. The molecule has 110 valence electrons. The third-order valence-electron chi connectivity index (χ3n) is 5.02. The predicted octanol–water partition coefficient (Wildman–Crippen LogP) is 5.64. The molecule has 0 heterocycles. The monoisotopic (exact) mass is 282 g/mol. The van der Waals surface area contributed by atoms with E-state index in [1.54, 1.807) is 12.1 Å². The first-order chi connectivity index (χ1) is 10.2. The topological polar surface area (TPSA) is 0 Å². The molecule has 0 nitrogen and oxygen atoms in total. The van der Waals surface area contributed by atoms with Crippen LogP contribution in [0.5, 0.6) is 0 Å². The minimum absolute atomic E-state index is 0.0816. The van der Waals surface area contributed by atoms with E-state index in [1.807, 2.05) is 12.1 Å². The first-order valence-corrected chi connectivity index (χ1v) is 8.10. The standard InChI is InChI=1S/C20H23F/c1-2-16-6-8-17(9-7-16)20(14-4-3-5-15-20)18-10-12-19(21)13-11-18/h6-13H,2-5,14-15H2,1H3. The minimum Gasteiger partial charge on any atom is -0.207 e. The first-order valence-electron chi connectivity index (χ1n) is 8.10. The summed E-state index contributed by atoms with van der Waals surface area (Å²) in [7, 11) is 0. The van der Waals surface area contributed by atoms with Crippen molar-refractivity contribution in [3.63, 3.8) is 0 Å². The van der Waals surface area contributed by atoms with Crippen molar-refractivity contribution in [1.29, 1.82) is 0 Å². The zero-order valence-corrected chi connectivity index (χ0v) is 12.7. The SMILES string of the molecule is CCc1ccc(C2(c3ccc(F)cc3)CCCCC2)cc1. The van der Waals surface area contributed by atoms with Crippen LogP contribution in [0, 0.1) is 5.82 Å². The molecule has 1 fully saturated rings. The van der Waals surface area contributed by atoms with Crippen molar-refractivity contribution in [2.24, 2.45) is 0 Å². The molecule has 0 atom stereocenters. The molecule has 21 heavy (non-hydrogen) atoms. The van der Waals surface area contributed by atoms with Crippen LogP contribution in [-0.2, 0) is 11.8 Å². The number of rotatable bonds is 3. The van der Waals surface area contributed by atoms with E-state index in [0.717, 1.165) is 6.42 Å². The number of hydrogen-bond acceptors (Lipinski definition) is 0. The van der Waals surface area contributed by atoms with E-state index >= 15 is 0 Å². The summed E-state index contributed by atoms with van der Waals surface area (Å²) < 4.78 is 13.3. The van der Waals surface area contributed by atoms with E-state index in [0.29, 0.717) is 0 Å². The molecule has 0 spiro atoms. The van der Waals surface area contributed by atoms with Crippen molar-refractivity contribution >= 4 is 0 Å². The highest BCUT2D eigenvalue weighted by Gasteiger charge is 2.35. The quantitative estimate of drug-likeness (QED) is 0.683. The molecule has 0 radical (unpaired) electrons. The number of aryl methyl sites for hydroxylation is 1. The number of halogens is 1. The average molecular weight is 282 g/mol. The predicted molar refractivity (Wildman–Crippen MR) is 86.1 cm³/mol. The molecule has 1 saturated carbocycles. The van der Waals surface area contributed by atoms with E-state index < -0.39 is 0 Å². The van der Waals surface area contributed by atoms with Gasteiger partial charge in [-0.2, -0.15) is 0 Å². The van der Waals surface area contributed by atoms with Gasteiger partial charge in [-0.1, -0.05) is 62.6 Å². The lowest BCUT2D eigenvalue weighted by molar-refractivity contribution is 0.345. The maximum Gasteiger partial charge on any atom is 0.123 e. The van der Waals surface area contributed by atoms with Crippen LogP contribution in [0.1, 0.15) is 55.7 Å². The van der Waals surface area contributed by atoms with Crippen molar-refractivity contribution < 1.29 is 4.39 Å². The molecule has 0 N–H and O–H groups in total. The van der Waals surface area contributed by atoms with Gasteiger partial charge in [0.2, 0.25) is 0 Å². The molecule has 2 aromatic rings. The smallest absolute Gasteiger partial charge is 0.123 e. The van der Waals surface area contributed by atoms with Crippen LogP contribution in [0.2, 0.25) is 0 Å². The second kappa shape index (κ2) is 6.01. The Bertz CT molecular complexity index is 574. The summed E-state index contributed by atoms with van der Waals surface area (Å²) in [6.45, 7) is 2.19. The molecule has 0 unspecified atom stereocenters. The van der Waals surface area contributed by atoms with Gasteiger partial charge < -0.3 is 0 Å². The summed E-state index contributed by atoms with van der Waals surface area (Å²) in [4.78, 5) is 0. The third kappa shape index (κ3) is 2.74. The molecule has 1 aliphatic rings. The van der Waals surface area contributed by atoms with Crippen molar-refractivity contribution in [2.45, 2.75) is 50.9 Å². The molecule has 0 bridgehead atoms. The van der Waals surface area contributed by atoms with Crippen molar-refractivity contribution in [3.8, 4) is 0 Å². The number of benzene rings is 2. The Balaban J connectivity index is 2.05. The van der Waals surface area contributed by atoms with Gasteiger partial charge in [0.25, 0.3) is 0 Å². The lowest BCUT2D eigenvalue weighted by Crippen LogP contribution is -2.30. The van der Waals surface area contributed by atoms with Crippen LogP contribution in [0.4, 0.5) is 4.39 Å². The Kier molecular flexibility index (Phi) is 4.10. The molecular formula is C20H23F. The summed E-state index contributed by atoms with van der Waals surface area (Å²) in [5.41, 5.74) is 4.13. The molecule has 0 aliphatic heterocycles. The van der Waals surface area contributed by atoms with Crippen LogP contribution >= 0.6 is 0 Å². The van der Waals surface area contributed by atoms with Gasteiger partial charge in [0.1, 0.15) is 5.82 Å². The van der Waals surface area contributed by atoms with Crippen LogP contribution in [0.25, 0.3) is 0 Å². The molecular weight excluding hydrogens is 259 g/mol. The van der Waals surface area contributed by atoms with Crippen LogP contribution in [0.15, 0.2) is 48.5 Å². The van der Waals surface area contributed by atoms with E-state index in [2.05, 4.69) is 31.2 Å². The highest BCUT2D eigenvalue weighted by molar-refractivity contribution is 5.41. The Morgan fingerprint density at radius 3 is 1.86 bits per heavy atom. The Morgan fingerprint density at radius 2 is 1.33 bits per heavy atom. The van der Waals surface area contributed by atoms with Gasteiger partial charge in [-0.25, -0.2) is 4.39 Å². The summed E-state index contributed by atoms with van der Waals surface area (Å²) in [6.07, 6.45) is 7.24. The average Bonchev–Trinajstić information content (AvgIpc) is 2.56. The summed E-state index contributed by atoms with van der Waals surface area (Å²) >= 11 is 0. The third-order valence-corrected chi connectivity index (χ3v) is 5.02. The summed E-state index contributed by atoms with van der Waals surface area (Å²) in [6, 6.07) is 16.2. The normalized spacial score (nSPS) is 17.6. The van der Waals surface area contributed by atoms with Crippen LogP contribution < -0.4 is 0 Å². The maximum absolute atomic E-state index is 13.3. The highest BCUT2D eigenvalue weighted by atomic mass is 19.1. The van der Waals surface area contributed by atoms with Gasteiger partial charge in [-0.3, -0.25) is 0 Å². The van der Waals surface area contributed by atoms with Crippen molar-refractivity contribution in [3.05, 3.63) is 71.0 Å². The summed E-state index contributed by atoms with van der Waals surface area (Å²) in [5.74, 6) is -0.147. The zero-order valence-electron chi connectivity index (χ0n) is 12.7. The van der Waals surface area contributed by atoms with E-state index in [9.17, 15) is 4.39 Å². The highest BCUT2D eigenvalue weighted by Crippen LogP contribution is 2.44. The lowest BCUT2D eigenvalue weighted by Gasteiger charge is -2.38. The van der Waals surface area contributed by atoms with Gasteiger partial charge >= 0.3 is 0 Å². The number of hydrogen-bond donors (Lipinski definition) is 0. The molecule has 2 aromatic carbocycles. The molecule has 0 amide bonds. The van der Waals surface area contributed by atoms with Gasteiger partial charge in [0, 0.05) is 5.41 Å². The second-order valence-electron chi connectivity index (χ2n) is 6.20. The van der Waals surface area contributed by atoms with Gasteiger partial charge in [0.05, 0.1) is 0 Å². The molecule has 0 saturated heterocycles. The maximum atomic E-state index is 13.3. The second-order valence-corrected chi connectivity index (χ2v) is 6.20. The Morgan fingerprint density at radius 1 is 0.810 bits per heavy atom. The molecule has 1 heteroatoms. The van der Waals surface area contributed by atoms with Crippen molar-refractivity contribution in [2.75, 3.05) is 0 Å². The van der Waals surface area contributed by atoms with Gasteiger partial charge in [-0.15, -0.1) is 0 Å². The molecule has 3 rings (SSSR count). The van der Waals surface area contributed by atoms with E-state index in [4.69, 9.17) is 0 Å². The molecule has 1 aliphatic carbocycles. The Labute approximate surface area is 127 Å². The van der Waals surface area contributed by atoms with Gasteiger partial charge in [-0.05, 0) is 48.1 Å². The van der Waals surface area contributed by atoms with Crippen LogP contribution in [-0.4, -0.2) is 0 Å². The van der Waals surface area contributed by atoms with E-state index in [1.165, 1.54) is 48.8 Å². The first kappa shape index (κ1) is 14.3. The Hall–Kier alpha value is -1.63. The molecule has 0 aromatic heterocycles. The fraction of sp³-hybridized carbons (Fsp3) is 0.400. The van der Waals surface area contributed by atoms with E-state index in [-0.39, 0.29) is 11.2 Å². The zero-order chi connectivity index (χ0) is 14.7. The van der Waals surface area contributed by atoms with Crippen molar-refractivity contribution in [1.82, 2.24) is 0 Å². The largest absolute Gasteiger partial charge is 0.207 e. The van der Waals surface area contributed by atoms with Crippen LogP contribution in [0.3, 0.4) is 0 Å². The summed E-state index contributed by atoms with van der Waals surface area (Å²) in [5, 5.41) is 0. The van der Waals surface area contributed by atoms with Gasteiger partial charge in [0.15, 0.2) is 0 Å². The minimum atomic E-state index is -0.147.